The summed E-state index contributed by atoms with van der Waals surface area (Å²) in [5.74, 6) is 0.719. The van der Waals surface area contributed by atoms with Crippen LogP contribution in [-0.4, -0.2) is 20.7 Å². The van der Waals surface area contributed by atoms with Gasteiger partial charge in [-0.25, -0.2) is 14.3 Å². The monoisotopic (exact) mass is 426 g/mol. The lowest BCUT2D eigenvalue weighted by molar-refractivity contribution is 0.130. The lowest BCUT2D eigenvalue weighted by atomic mass is 9.90. The molecule has 7 heteroatoms. The summed E-state index contributed by atoms with van der Waals surface area (Å²) in [5, 5.41) is 7.50. The Bertz CT molecular complexity index is 968. The number of rotatable bonds is 6. The maximum absolute atomic E-state index is 12.6. The number of alkyl halides is 1. The highest BCUT2D eigenvalue weighted by atomic mass is 35.5. The van der Waals surface area contributed by atoms with Crippen molar-refractivity contribution >= 4 is 23.3 Å². The molecule has 2 aromatic heterocycles. The predicted molar refractivity (Wildman–Crippen MR) is 116 cm³/mol. The molecule has 4 rings (SSSR count). The molecule has 0 saturated heterocycles. The SMILES string of the molecule is O=C(N[C@H](c1cn2ncc(CCl)cc2n1)C1CCCCCC1)OCc1ccccc1. The third-order valence-electron chi connectivity index (χ3n) is 5.73. The molecule has 0 radical (unpaired) electrons. The molecule has 1 aliphatic carbocycles. The van der Waals surface area contributed by atoms with E-state index in [0.29, 0.717) is 11.8 Å². The summed E-state index contributed by atoms with van der Waals surface area (Å²) in [6.07, 6.45) is 10.2. The van der Waals surface area contributed by atoms with Crippen molar-refractivity contribution in [3.8, 4) is 0 Å². The van der Waals surface area contributed by atoms with Crippen LogP contribution in [0.1, 0.15) is 61.4 Å². The third-order valence-corrected chi connectivity index (χ3v) is 6.03. The summed E-state index contributed by atoms with van der Waals surface area (Å²) in [4.78, 5) is 17.4. The van der Waals surface area contributed by atoms with Crippen molar-refractivity contribution in [1.29, 1.82) is 0 Å². The Labute approximate surface area is 181 Å². The first kappa shape index (κ1) is 20.7. The second-order valence-corrected chi connectivity index (χ2v) is 8.17. The van der Waals surface area contributed by atoms with E-state index in [2.05, 4.69) is 10.4 Å². The molecule has 0 aliphatic heterocycles. The summed E-state index contributed by atoms with van der Waals surface area (Å²) in [7, 11) is 0. The van der Waals surface area contributed by atoms with Crippen molar-refractivity contribution in [2.24, 2.45) is 5.92 Å². The maximum atomic E-state index is 12.6. The number of nitrogens with one attached hydrogen (secondary N) is 1. The Kier molecular flexibility index (Phi) is 6.84. The Hall–Kier alpha value is -2.60. The van der Waals surface area contributed by atoms with Crippen molar-refractivity contribution < 1.29 is 9.53 Å². The van der Waals surface area contributed by atoms with Gasteiger partial charge in [-0.15, -0.1) is 11.6 Å². The van der Waals surface area contributed by atoms with Crippen LogP contribution in [-0.2, 0) is 17.2 Å². The molecule has 0 bridgehead atoms. The summed E-state index contributed by atoms with van der Waals surface area (Å²) in [5.41, 5.74) is 3.44. The number of ether oxygens (including phenoxy) is 1. The van der Waals surface area contributed by atoms with Crippen LogP contribution in [0.2, 0.25) is 0 Å². The molecule has 1 fully saturated rings. The van der Waals surface area contributed by atoms with Gasteiger partial charge in [0.1, 0.15) is 6.61 Å². The molecule has 1 saturated carbocycles. The molecule has 1 aromatic carbocycles. The van der Waals surface area contributed by atoms with Crippen LogP contribution >= 0.6 is 11.6 Å². The highest BCUT2D eigenvalue weighted by Gasteiger charge is 2.28. The molecule has 30 heavy (non-hydrogen) atoms. The average Bonchev–Trinajstić information content (AvgIpc) is 3.01. The van der Waals surface area contributed by atoms with Crippen LogP contribution in [0.25, 0.3) is 5.65 Å². The molecule has 1 N–H and O–H groups in total. The Morgan fingerprint density at radius 1 is 1.17 bits per heavy atom. The molecular weight excluding hydrogens is 400 g/mol. The number of alkyl carbamates (subject to hydrolysis) is 1. The van der Waals surface area contributed by atoms with E-state index in [9.17, 15) is 4.79 Å². The van der Waals surface area contributed by atoms with E-state index >= 15 is 0 Å². The van der Waals surface area contributed by atoms with Gasteiger partial charge in [-0.1, -0.05) is 56.0 Å². The fraction of sp³-hybridized carbons (Fsp3) is 0.435. The van der Waals surface area contributed by atoms with E-state index < -0.39 is 6.09 Å². The van der Waals surface area contributed by atoms with Crippen LogP contribution in [0.5, 0.6) is 0 Å². The van der Waals surface area contributed by atoms with Gasteiger partial charge in [0.15, 0.2) is 5.65 Å². The molecule has 6 nitrogen and oxygen atoms in total. The first-order valence-corrected chi connectivity index (χ1v) is 11.1. The van der Waals surface area contributed by atoms with Crippen molar-refractivity contribution in [2.45, 2.75) is 57.1 Å². The Morgan fingerprint density at radius 2 is 1.93 bits per heavy atom. The molecule has 1 amide bonds. The minimum Gasteiger partial charge on any atom is -0.445 e. The fourth-order valence-electron chi connectivity index (χ4n) is 4.13. The number of nitrogens with zero attached hydrogens (tertiary/aromatic N) is 3. The van der Waals surface area contributed by atoms with Gasteiger partial charge < -0.3 is 10.1 Å². The Balaban J connectivity index is 1.53. The molecule has 3 aromatic rings. The summed E-state index contributed by atoms with van der Waals surface area (Å²) >= 11 is 5.94. The van der Waals surface area contributed by atoms with E-state index in [0.717, 1.165) is 35.3 Å². The summed E-state index contributed by atoms with van der Waals surface area (Å²) in [6, 6.07) is 11.4. The first-order valence-electron chi connectivity index (χ1n) is 10.6. The van der Waals surface area contributed by atoms with E-state index in [-0.39, 0.29) is 12.6 Å². The van der Waals surface area contributed by atoms with Gasteiger partial charge >= 0.3 is 6.09 Å². The highest BCUT2D eigenvalue weighted by molar-refractivity contribution is 6.17. The van der Waals surface area contributed by atoms with Crippen LogP contribution in [0, 0.1) is 5.92 Å². The number of carbonyl (C=O) groups is 1. The van der Waals surface area contributed by atoms with Crippen molar-refractivity contribution in [3.63, 3.8) is 0 Å². The lowest BCUT2D eigenvalue weighted by Gasteiger charge is -2.25. The number of benzene rings is 1. The maximum Gasteiger partial charge on any atom is 0.408 e. The number of hydrogen-bond acceptors (Lipinski definition) is 4. The van der Waals surface area contributed by atoms with Crippen molar-refractivity contribution in [3.05, 3.63) is 65.6 Å². The minimum atomic E-state index is -0.417. The third kappa shape index (κ3) is 5.11. The van der Waals surface area contributed by atoms with Crippen LogP contribution in [0.3, 0.4) is 0 Å². The van der Waals surface area contributed by atoms with Crippen molar-refractivity contribution in [1.82, 2.24) is 19.9 Å². The first-order chi connectivity index (χ1) is 14.7. The van der Waals surface area contributed by atoms with Gasteiger partial charge in [0.05, 0.1) is 24.1 Å². The number of halogens is 1. The topological polar surface area (TPSA) is 68.5 Å². The standard InChI is InChI=1S/C23H27ClN4O2/c24-13-18-12-21-26-20(15-28(21)25-14-18)22(19-10-6-1-2-7-11-19)27-23(29)30-16-17-8-4-3-5-9-17/h3-5,8-9,12,14-15,19,22H,1-2,6-7,10-11,13,16H2,(H,27,29)/t22-/m0/s1. The number of hydrogen-bond donors (Lipinski definition) is 1. The van der Waals surface area contributed by atoms with E-state index in [1.54, 1.807) is 10.7 Å². The average molecular weight is 427 g/mol. The van der Waals surface area contributed by atoms with E-state index in [4.69, 9.17) is 21.3 Å². The number of fused-ring (bicyclic) bond motifs is 1. The molecule has 0 spiro atoms. The molecule has 0 unspecified atom stereocenters. The second kappa shape index (κ2) is 9.94. The molecule has 1 aliphatic rings. The van der Waals surface area contributed by atoms with Crippen LogP contribution in [0.4, 0.5) is 4.79 Å². The molecular formula is C23H27ClN4O2. The smallest absolute Gasteiger partial charge is 0.408 e. The second-order valence-electron chi connectivity index (χ2n) is 7.90. The fourth-order valence-corrected chi connectivity index (χ4v) is 4.27. The largest absolute Gasteiger partial charge is 0.445 e. The normalized spacial score (nSPS) is 16.2. The summed E-state index contributed by atoms with van der Waals surface area (Å²) < 4.78 is 7.24. The molecule has 158 valence electrons. The zero-order valence-corrected chi connectivity index (χ0v) is 17.7. The van der Waals surface area contributed by atoms with Gasteiger partial charge in [-0.3, -0.25) is 0 Å². The van der Waals surface area contributed by atoms with Crippen LogP contribution in [0.15, 0.2) is 48.8 Å². The van der Waals surface area contributed by atoms with Gasteiger partial charge in [-0.05, 0) is 36.0 Å². The highest BCUT2D eigenvalue weighted by Crippen LogP contribution is 2.33. The number of aromatic nitrogens is 3. The van der Waals surface area contributed by atoms with E-state index in [1.165, 1.54) is 25.7 Å². The van der Waals surface area contributed by atoms with E-state index in [1.807, 2.05) is 42.6 Å². The van der Waals surface area contributed by atoms with Crippen molar-refractivity contribution in [2.75, 3.05) is 0 Å². The predicted octanol–water partition coefficient (Wildman–Crippen LogP) is 5.41. The molecule has 2 heterocycles. The zero-order valence-electron chi connectivity index (χ0n) is 17.0. The van der Waals surface area contributed by atoms with Gasteiger partial charge in [0, 0.05) is 5.88 Å². The quantitative estimate of drug-likeness (QED) is 0.423. The number of imidazole rings is 1. The lowest BCUT2D eigenvalue weighted by Crippen LogP contribution is -2.34. The number of carbonyl (C=O) groups excluding carboxylic acids is 1. The summed E-state index contributed by atoms with van der Waals surface area (Å²) in [6.45, 7) is 0.246. The zero-order chi connectivity index (χ0) is 20.8. The van der Waals surface area contributed by atoms with Crippen LogP contribution < -0.4 is 5.32 Å². The Morgan fingerprint density at radius 3 is 2.67 bits per heavy atom. The molecule has 1 atom stereocenters. The van der Waals surface area contributed by atoms with Gasteiger partial charge in [-0.2, -0.15) is 5.10 Å². The van der Waals surface area contributed by atoms with Gasteiger partial charge in [0.2, 0.25) is 0 Å². The minimum absolute atomic E-state index is 0.201. The number of amides is 1. The van der Waals surface area contributed by atoms with Gasteiger partial charge in [0.25, 0.3) is 0 Å².